The Balaban J connectivity index is 1.50. The number of imidazole rings is 1. The van der Waals surface area contributed by atoms with E-state index in [1.807, 2.05) is 16.9 Å². The third kappa shape index (κ3) is 2.97. The van der Waals surface area contributed by atoms with Crippen LogP contribution in [0.1, 0.15) is 49.4 Å². The molecular formula is C16H20N6S. The summed E-state index contributed by atoms with van der Waals surface area (Å²) < 4.78 is 4.10. The largest absolute Gasteiger partial charge is 0.307 e. The molecule has 4 rings (SSSR count). The molecule has 0 unspecified atom stereocenters. The van der Waals surface area contributed by atoms with Crippen LogP contribution in [0.15, 0.2) is 29.7 Å². The highest BCUT2D eigenvalue weighted by Gasteiger charge is 2.20. The van der Waals surface area contributed by atoms with E-state index < -0.39 is 0 Å². The van der Waals surface area contributed by atoms with Crippen LogP contribution in [-0.4, -0.2) is 29.6 Å². The molecule has 120 valence electrons. The van der Waals surface area contributed by atoms with Crippen LogP contribution in [0, 0.1) is 6.92 Å². The zero-order chi connectivity index (χ0) is 15.6. The number of rotatable bonds is 4. The van der Waals surface area contributed by atoms with E-state index in [0.29, 0.717) is 6.04 Å². The summed E-state index contributed by atoms with van der Waals surface area (Å²) in [6.45, 7) is 2.09. The minimum Gasteiger partial charge on any atom is -0.307 e. The summed E-state index contributed by atoms with van der Waals surface area (Å²) in [6.07, 6.45) is 10.4. The summed E-state index contributed by atoms with van der Waals surface area (Å²) in [4.78, 5) is 4.72. The van der Waals surface area contributed by atoms with Crippen LogP contribution in [0.3, 0.4) is 0 Å². The molecule has 0 radical (unpaired) electrons. The minimum atomic E-state index is 0.463. The van der Waals surface area contributed by atoms with Gasteiger partial charge in [-0.2, -0.15) is 0 Å². The molecule has 0 bridgehead atoms. The molecule has 0 saturated heterocycles. The first-order valence-electron chi connectivity index (χ1n) is 8.15. The molecule has 1 aliphatic rings. The molecule has 0 aromatic carbocycles. The molecule has 1 aliphatic carbocycles. The predicted molar refractivity (Wildman–Crippen MR) is 89.4 cm³/mol. The maximum absolute atomic E-state index is 4.72. The Morgan fingerprint density at radius 1 is 1.26 bits per heavy atom. The SMILES string of the molecule is Cc1cccn2cc(CSc3nnnn3C3CCCCC3)nc12. The van der Waals surface area contributed by atoms with Gasteiger partial charge >= 0.3 is 0 Å². The molecule has 0 N–H and O–H groups in total. The monoisotopic (exact) mass is 328 g/mol. The predicted octanol–water partition coefficient (Wildman–Crippen LogP) is 3.43. The van der Waals surface area contributed by atoms with Crippen LogP contribution in [-0.2, 0) is 5.75 Å². The molecule has 3 heterocycles. The number of nitrogens with zero attached hydrogens (tertiary/aromatic N) is 6. The van der Waals surface area contributed by atoms with Gasteiger partial charge in [0.05, 0.1) is 11.7 Å². The molecule has 3 aromatic rings. The zero-order valence-corrected chi connectivity index (χ0v) is 14.0. The van der Waals surface area contributed by atoms with Gasteiger partial charge in [0, 0.05) is 18.1 Å². The van der Waals surface area contributed by atoms with E-state index in [0.717, 1.165) is 22.3 Å². The Morgan fingerprint density at radius 2 is 2.13 bits per heavy atom. The molecule has 0 amide bonds. The fourth-order valence-electron chi connectivity index (χ4n) is 3.25. The smallest absolute Gasteiger partial charge is 0.209 e. The van der Waals surface area contributed by atoms with E-state index in [4.69, 9.17) is 4.98 Å². The second kappa shape index (κ2) is 6.31. The number of tetrazole rings is 1. The Morgan fingerprint density at radius 3 is 2.96 bits per heavy atom. The normalized spacial score (nSPS) is 16.2. The number of thioether (sulfide) groups is 1. The van der Waals surface area contributed by atoms with Crippen LogP contribution in [0.25, 0.3) is 5.65 Å². The second-order valence-electron chi connectivity index (χ2n) is 6.14. The summed E-state index contributed by atoms with van der Waals surface area (Å²) in [5.41, 5.74) is 3.27. The summed E-state index contributed by atoms with van der Waals surface area (Å²) in [5, 5.41) is 13.2. The van der Waals surface area contributed by atoms with Crippen molar-refractivity contribution in [3.05, 3.63) is 35.8 Å². The van der Waals surface area contributed by atoms with Crippen LogP contribution >= 0.6 is 11.8 Å². The van der Waals surface area contributed by atoms with Gasteiger partial charge in [-0.1, -0.05) is 37.1 Å². The summed E-state index contributed by atoms with van der Waals surface area (Å²) in [5.74, 6) is 0.786. The Labute approximate surface area is 139 Å². The van der Waals surface area contributed by atoms with Gasteiger partial charge in [0.1, 0.15) is 5.65 Å². The first kappa shape index (κ1) is 14.7. The molecule has 7 heteroatoms. The standard InChI is InChI=1S/C16H20N6S/c1-12-6-5-9-21-10-13(17-15(12)21)11-23-16-18-19-20-22(16)14-7-3-2-4-8-14/h5-6,9-10,14H,2-4,7-8,11H2,1H3. The molecule has 0 aliphatic heterocycles. The minimum absolute atomic E-state index is 0.463. The van der Waals surface area contributed by atoms with E-state index in [1.54, 1.807) is 11.8 Å². The summed E-state index contributed by atoms with van der Waals surface area (Å²) in [7, 11) is 0. The van der Waals surface area contributed by atoms with Crippen molar-refractivity contribution in [2.75, 3.05) is 0 Å². The summed E-state index contributed by atoms with van der Waals surface area (Å²) in [6, 6.07) is 4.59. The van der Waals surface area contributed by atoms with Gasteiger partial charge in [0.15, 0.2) is 0 Å². The Kier molecular flexibility index (Phi) is 4.03. The molecule has 23 heavy (non-hydrogen) atoms. The van der Waals surface area contributed by atoms with E-state index >= 15 is 0 Å². The molecule has 1 saturated carbocycles. The van der Waals surface area contributed by atoms with Gasteiger partial charge in [-0.15, -0.1) is 5.10 Å². The average Bonchev–Trinajstić information content (AvgIpc) is 3.21. The molecular weight excluding hydrogens is 308 g/mol. The molecule has 0 spiro atoms. The van der Waals surface area contributed by atoms with E-state index in [2.05, 4.69) is 39.1 Å². The van der Waals surface area contributed by atoms with Crippen molar-refractivity contribution < 1.29 is 0 Å². The topological polar surface area (TPSA) is 60.9 Å². The van der Waals surface area contributed by atoms with Crippen molar-refractivity contribution in [3.8, 4) is 0 Å². The molecule has 3 aromatic heterocycles. The van der Waals surface area contributed by atoms with Crippen molar-refractivity contribution in [3.63, 3.8) is 0 Å². The fraction of sp³-hybridized carbons (Fsp3) is 0.500. The highest BCUT2D eigenvalue weighted by atomic mass is 32.2. The van der Waals surface area contributed by atoms with Gasteiger partial charge in [-0.25, -0.2) is 9.67 Å². The van der Waals surface area contributed by atoms with Gasteiger partial charge in [0.2, 0.25) is 5.16 Å². The highest BCUT2D eigenvalue weighted by molar-refractivity contribution is 7.98. The zero-order valence-electron chi connectivity index (χ0n) is 13.2. The van der Waals surface area contributed by atoms with E-state index in [-0.39, 0.29) is 0 Å². The van der Waals surface area contributed by atoms with Crippen molar-refractivity contribution in [2.24, 2.45) is 0 Å². The van der Waals surface area contributed by atoms with Gasteiger partial charge in [0.25, 0.3) is 0 Å². The van der Waals surface area contributed by atoms with Crippen LogP contribution in [0.5, 0.6) is 0 Å². The van der Waals surface area contributed by atoms with E-state index in [9.17, 15) is 0 Å². The van der Waals surface area contributed by atoms with Crippen molar-refractivity contribution in [1.29, 1.82) is 0 Å². The fourth-order valence-corrected chi connectivity index (χ4v) is 4.08. The van der Waals surface area contributed by atoms with E-state index in [1.165, 1.54) is 37.7 Å². The van der Waals surface area contributed by atoms with Gasteiger partial charge in [-0.3, -0.25) is 0 Å². The Bertz CT molecular complexity index is 802. The van der Waals surface area contributed by atoms with Crippen molar-refractivity contribution in [2.45, 2.75) is 56.0 Å². The lowest BCUT2D eigenvalue weighted by molar-refractivity contribution is 0.307. The van der Waals surface area contributed by atoms with Gasteiger partial charge < -0.3 is 4.40 Å². The number of fused-ring (bicyclic) bond motifs is 1. The lowest BCUT2D eigenvalue weighted by atomic mass is 9.96. The number of pyridine rings is 1. The third-order valence-electron chi connectivity index (χ3n) is 4.46. The van der Waals surface area contributed by atoms with Crippen molar-refractivity contribution in [1.82, 2.24) is 29.6 Å². The maximum atomic E-state index is 4.72. The van der Waals surface area contributed by atoms with Crippen molar-refractivity contribution >= 4 is 17.4 Å². The van der Waals surface area contributed by atoms with Crippen LogP contribution < -0.4 is 0 Å². The molecule has 0 atom stereocenters. The average molecular weight is 328 g/mol. The maximum Gasteiger partial charge on any atom is 0.209 e. The quantitative estimate of drug-likeness (QED) is 0.687. The van der Waals surface area contributed by atoms with Crippen LogP contribution in [0.2, 0.25) is 0 Å². The number of hydrogen-bond donors (Lipinski definition) is 0. The Hall–Kier alpha value is -1.89. The summed E-state index contributed by atoms with van der Waals surface area (Å²) >= 11 is 1.67. The number of aromatic nitrogens is 6. The highest BCUT2D eigenvalue weighted by Crippen LogP contribution is 2.31. The lowest BCUT2D eigenvalue weighted by Gasteiger charge is -2.21. The molecule has 6 nitrogen and oxygen atoms in total. The third-order valence-corrected chi connectivity index (χ3v) is 5.43. The molecule has 1 fully saturated rings. The lowest BCUT2D eigenvalue weighted by Crippen LogP contribution is -2.15. The van der Waals surface area contributed by atoms with Crippen LogP contribution in [0.4, 0.5) is 0 Å². The first-order chi connectivity index (χ1) is 11.3. The van der Waals surface area contributed by atoms with Gasteiger partial charge in [-0.05, 0) is 41.8 Å². The number of aryl methyl sites for hydroxylation is 1. The first-order valence-corrected chi connectivity index (χ1v) is 9.14. The number of hydrogen-bond acceptors (Lipinski definition) is 5. The second-order valence-corrected chi connectivity index (χ2v) is 7.08.